The number of benzene rings is 1. The Balaban J connectivity index is 0.00000145. The number of nitrogens with one attached hydrogen (secondary N) is 1. The fourth-order valence-electron chi connectivity index (χ4n) is 4.44. The summed E-state index contributed by atoms with van der Waals surface area (Å²) in [6, 6.07) is 11.0. The second-order valence-corrected chi connectivity index (χ2v) is 10.8. The molecule has 3 rings (SSSR count). The SMILES string of the molecule is CC.COC(=O)N1[C@@H]2CC[C@H]1CC([C@@H](Cc1ccccc1)N[S@@](=O)C(C)(C)C)C2. The monoisotopic (exact) mass is 422 g/mol. The Kier molecular flexibility index (Phi) is 8.71. The minimum Gasteiger partial charge on any atom is -0.453 e. The smallest absolute Gasteiger partial charge is 0.409 e. The maximum Gasteiger partial charge on any atom is 0.409 e. The van der Waals surface area contributed by atoms with Crippen LogP contribution in [0.1, 0.15) is 65.9 Å². The third kappa shape index (κ3) is 6.05. The van der Waals surface area contributed by atoms with E-state index in [1.54, 1.807) is 0 Å². The summed E-state index contributed by atoms with van der Waals surface area (Å²) in [6.07, 6.45) is 4.61. The van der Waals surface area contributed by atoms with Gasteiger partial charge in [-0.05, 0) is 64.4 Å². The number of nitrogens with zero attached hydrogens (tertiary/aromatic N) is 1. The van der Waals surface area contributed by atoms with Crippen molar-refractivity contribution in [3.8, 4) is 0 Å². The molecule has 1 unspecified atom stereocenters. The van der Waals surface area contributed by atoms with Gasteiger partial charge in [-0.3, -0.25) is 0 Å². The van der Waals surface area contributed by atoms with Crippen LogP contribution in [0.3, 0.4) is 0 Å². The van der Waals surface area contributed by atoms with Crippen molar-refractivity contribution in [2.24, 2.45) is 5.92 Å². The van der Waals surface area contributed by atoms with Crippen molar-refractivity contribution in [3.63, 3.8) is 0 Å². The van der Waals surface area contributed by atoms with Gasteiger partial charge in [-0.25, -0.2) is 13.7 Å². The number of amides is 1. The molecular weight excluding hydrogens is 384 g/mol. The molecule has 1 N–H and O–H groups in total. The number of ether oxygens (including phenoxy) is 1. The summed E-state index contributed by atoms with van der Waals surface area (Å²) in [6.45, 7) is 10.00. The normalized spacial score (nSPS) is 25.6. The molecule has 164 valence electrons. The van der Waals surface area contributed by atoms with Gasteiger partial charge in [-0.15, -0.1) is 0 Å². The van der Waals surface area contributed by atoms with Crippen molar-refractivity contribution in [3.05, 3.63) is 35.9 Å². The van der Waals surface area contributed by atoms with Gasteiger partial charge >= 0.3 is 6.09 Å². The van der Waals surface area contributed by atoms with Crippen LogP contribution in [-0.4, -0.2) is 45.2 Å². The lowest BCUT2D eigenvalue weighted by Gasteiger charge is -2.41. The van der Waals surface area contributed by atoms with Crippen molar-refractivity contribution in [2.45, 2.75) is 89.6 Å². The van der Waals surface area contributed by atoms with E-state index >= 15 is 0 Å². The number of piperidine rings is 1. The first-order valence-electron chi connectivity index (χ1n) is 10.9. The summed E-state index contributed by atoms with van der Waals surface area (Å²) in [5.74, 6) is 0.398. The van der Waals surface area contributed by atoms with Gasteiger partial charge in [0.2, 0.25) is 0 Å². The molecule has 0 saturated carbocycles. The summed E-state index contributed by atoms with van der Waals surface area (Å²) in [7, 11) is 0.339. The molecule has 2 aliphatic rings. The van der Waals surface area contributed by atoms with Gasteiger partial charge in [-0.1, -0.05) is 44.2 Å². The zero-order valence-electron chi connectivity index (χ0n) is 18.8. The van der Waals surface area contributed by atoms with Crippen molar-refractivity contribution in [2.75, 3.05) is 7.11 Å². The third-order valence-corrected chi connectivity index (χ3v) is 7.47. The number of rotatable bonds is 5. The average molecular weight is 423 g/mol. The highest BCUT2D eigenvalue weighted by Crippen LogP contribution is 2.41. The second kappa shape index (κ2) is 10.6. The van der Waals surface area contributed by atoms with E-state index in [-0.39, 0.29) is 29.0 Å². The van der Waals surface area contributed by atoms with E-state index in [9.17, 15) is 9.00 Å². The van der Waals surface area contributed by atoms with Gasteiger partial charge in [0, 0.05) is 18.1 Å². The summed E-state index contributed by atoms with van der Waals surface area (Å²) in [5, 5.41) is 0. The number of carbonyl (C=O) groups is 1. The molecule has 2 aliphatic heterocycles. The first-order chi connectivity index (χ1) is 13.8. The van der Waals surface area contributed by atoms with Gasteiger partial charge < -0.3 is 9.64 Å². The Labute approximate surface area is 179 Å². The third-order valence-electron chi connectivity index (χ3n) is 5.84. The maximum atomic E-state index is 12.8. The fraction of sp³-hybridized carbons (Fsp3) is 0.696. The van der Waals surface area contributed by atoms with E-state index in [4.69, 9.17) is 4.74 Å². The largest absolute Gasteiger partial charge is 0.453 e. The maximum absolute atomic E-state index is 12.8. The molecule has 2 heterocycles. The lowest BCUT2D eigenvalue weighted by Crippen LogP contribution is -2.52. The predicted molar refractivity (Wildman–Crippen MR) is 120 cm³/mol. The summed E-state index contributed by atoms with van der Waals surface area (Å²) in [4.78, 5) is 14.1. The Hall–Kier alpha value is -1.40. The van der Waals surface area contributed by atoms with Gasteiger partial charge in [-0.2, -0.15) is 0 Å². The highest BCUT2D eigenvalue weighted by Gasteiger charge is 2.46. The van der Waals surface area contributed by atoms with Gasteiger partial charge in [0.05, 0.1) is 22.8 Å². The average Bonchev–Trinajstić information content (AvgIpc) is 2.97. The Bertz CT molecular complexity index is 660. The minimum atomic E-state index is -1.12. The number of fused-ring (bicyclic) bond motifs is 2. The molecule has 5 nitrogen and oxygen atoms in total. The quantitative estimate of drug-likeness (QED) is 0.749. The summed E-state index contributed by atoms with van der Waals surface area (Å²) in [5.41, 5.74) is 1.25. The highest BCUT2D eigenvalue weighted by atomic mass is 32.2. The molecule has 0 radical (unpaired) electrons. The number of hydrogen-bond donors (Lipinski definition) is 1. The first kappa shape index (κ1) is 23.9. The molecule has 0 spiro atoms. The van der Waals surface area contributed by atoms with Crippen molar-refractivity contribution >= 4 is 17.1 Å². The Morgan fingerprint density at radius 2 is 1.72 bits per heavy atom. The number of hydrogen-bond acceptors (Lipinski definition) is 3. The van der Waals surface area contributed by atoms with Gasteiger partial charge in [0.15, 0.2) is 0 Å². The zero-order valence-corrected chi connectivity index (χ0v) is 19.6. The molecule has 0 aliphatic carbocycles. The van der Waals surface area contributed by atoms with E-state index < -0.39 is 11.0 Å². The van der Waals surface area contributed by atoms with E-state index in [1.165, 1.54) is 12.7 Å². The summed E-state index contributed by atoms with van der Waals surface area (Å²) < 4.78 is 20.9. The van der Waals surface area contributed by atoms with E-state index in [1.807, 2.05) is 45.6 Å². The van der Waals surface area contributed by atoms with Crippen molar-refractivity contribution < 1.29 is 13.7 Å². The Morgan fingerprint density at radius 3 is 2.21 bits per heavy atom. The molecule has 0 aromatic heterocycles. The first-order valence-corrected chi connectivity index (χ1v) is 12.0. The van der Waals surface area contributed by atoms with E-state index in [0.717, 1.165) is 32.1 Å². The van der Waals surface area contributed by atoms with Crippen LogP contribution in [0, 0.1) is 5.92 Å². The molecule has 5 atom stereocenters. The van der Waals surface area contributed by atoms with Crippen LogP contribution in [0.25, 0.3) is 0 Å². The zero-order chi connectivity index (χ0) is 21.6. The molecule has 2 saturated heterocycles. The van der Waals surface area contributed by atoms with Crippen molar-refractivity contribution in [1.29, 1.82) is 0 Å². The van der Waals surface area contributed by atoms with Crippen LogP contribution in [-0.2, 0) is 22.1 Å². The number of carbonyl (C=O) groups excluding carboxylic acids is 1. The molecule has 2 bridgehead atoms. The second-order valence-electron chi connectivity index (χ2n) is 8.79. The van der Waals surface area contributed by atoms with Crippen LogP contribution < -0.4 is 4.72 Å². The van der Waals surface area contributed by atoms with Crippen LogP contribution in [0.15, 0.2) is 30.3 Å². The van der Waals surface area contributed by atoms with Crippen molar-refractivity contribution in [1.82, 2.24) is 9.62 Å². The topological polar surface area (TPSA) is 58.6 Å². The van der Waals surface area contributed by atoms with Gasteiger partial charge in [0.25, 0.3) is 0 Å². The van der Waals surface area contributed by atoms with Gasteiger partial charge in [0.1, 0.15) is 0 Å². The van der Waals surface area contributed by atoms with Crippen LogP contribution in [0.4, 0.5) is 4.79 Å². The number of methoxy groups -OCH3 is 1. The molecule has 6 heteroatoms. The van der Waals surface area contributed by atoms with E-state index in [0.29, 0.717) is 5.92 Å². The van der Waals surface area contributed by atoms with E-state index in [2.05, 4.69) is 29.0 Å². The fourth-order valence-corrected chi connectivity index (χ4v) is 5.34. The molecule has 29 heavy (non-hydrogen) atoms. The van der Waals surface area contributed by atoms with Crippen LogP contribution in [0.5, 0.6) is 0 Å². The molecule has 2 fully saturated rings. The Morgan fingerprint density at radius 1 is 1.17 bits per heavy atom. The molecule has 1 amide bonds. The predicted octanol–water partition coefficient (Wildman–Crippen LogP) is 4.69. The molecule has 1 aromatic rings. The standard InChI is InChI=1S/C21H32N2O3S.C2H6/c1-21(2,3)27(25)22-19(12-15-8-6-5-7-9-15)16-13-17-10-11-18(14-16)23(17)20(24)26-4;1-2/h5-9,16-19,22H,10-14H2,1-4H3;1-2H3/t16?,17-,18+,19-,27+;/m1./s1. The van der Waals surface area contributed by atoms with Crippen LogP contribution >= 0.6 is 0 Å². The molecular formula is C23H38N2O3S. The van der Waals surface area contributed by atoms with Crippen LogP contribution in [0.2, 0.25) is 0 Å². The molecule has 1 aromatic carbocycles. The minimum absolute atomic E-state index is 0.135. The highest BCUT2D eigenvalue weighted by molar-refractivity contribution is 7.84. The summed E-state index contributed by atoms with van der Waals surface area (Å²) >= 11 is 0. The lowest BCUT2D eigenvalue weighted by atomic mass is 9.83. The lowest BCUT2D eigenvalue weighted by molar-refractivity contribution is 0.0651.